The molecule has 0 aromatic heterocycles. The molecule has 8 heteroatoms. The van der Waals surface area contributed by atoms with Crippen molar-refractivity contribution in [2.24, 2.45) is 23.4 Å². The maximum atomic E-state index is 11.1. The second-order valence-corrected chi connectivity index (χ2v) is 3.85. The maximum absolute atomic E-state index is 11.1. The van der Waals surface area contributed by atoms with E-state index in [1.54, 1.807) is 0 Å². The van der Waals surface area contributed by atoms with Gasteiger partial charge >= 0.3 is 0 Å². The lowest BCUT2D eigenvalue weighted by molar-refractivity contribution is -0.122. The molecule has 1 unspecified atom stereocenters. The molecule has 8 N–H and O–H groups in total. The number of aliphatic hydroxyl groups excluding tert-OH is 1. The first-order valence-electron chi connectivity index (χ1n) is 6.33. The number of nitrogens with one attached hydrogen (secondary N) is 1. The van der Waals surface area contributed by atoms with Gasteiger partial charge in [-0.05, 0) is 19.9 Å². The molecule has 0 radical (unpaired) electrons. The number of unbranched alkanes of at least 4 members (excludes halogenated alkanes) is 1. The Hall–Kier alpha value is -0.770. The van der Waals surface area contributed by atoms with Crippen molar-refractivity contribution >= 4 is 5.91 Å². The van der Waals surface area contributed by atoms with Crippen molar-refractivity contribution in [3.63, 3.8) is 0 Å². The van der Waals surface area contributed by atoms with Gasteiger partial charge in [-0.2, -0.15) is 0 Å². The Bertz CT molecular complexity index is 196. The Morgan fingerprint density at radius 2 is 1.95 bits per heavy atom. The van der Waals surface area contributed by atoms with Crippen LogP contribution in [-0.2, 0) is 14.5 Å². The number of carbonyl (C=O) groups excluding carboxylic acids is 1. The summed E-state index contributed by atoms with van der Waals surface area (Å²) in [6, 6.07) is 0. The van der Waals surface area contributed by atoms with Gasteiger partial charge in [-0.15, -0.1) is 0 Å². The summed E-state index contributed by atoms with van der Waals surface area (Å²) in [5.74, 6) is 9.74. The molecule has 0 saturated heterocycles. The third-order valence-corrected chi connectivity index (χ3v) is 2.40. The van der Waals surface area contributed by atoms with E-state index in [1.807, 2.05) is 0 Å². The highest BCUT2D eigenvalue weighted by atomic mass is 16.6. The Balaban J connectivity index is 0. The lowest BCUT2D eigenvalue weighted by atomic mass is 10.0. The fraction of sp³-hybridized carbons (Fsp3) is 0.909. The predicted molar refractivity (Wildman–Crippen MR) is 72.4 cm³/mol. The van der Waals surface area contributed by atoms with Crippen molar-refractivity contribution in [1.29, 1.82) is 0 Å². The fourth-order valence-electron chi connectivity index (χ4n) is 1.39. The highest BCUT2D eigenvalue weighted by Crippen LogP contribution is 2.07. The summed E-state index contributed by atoms with van der Waals surface area (Å²) >= 11 is 0. The molecule has 0 bridgehead atoms. The van der Waals surface area contributed by atoms with Gasteiger partial charge in [-0.3, -0.25) is 4.79 Å². The Morgan fingerprint density at radius 3 is 2.47 bits per heavy atom. The van der Waals surface area contributed by atoms with E-state index in [0.717, 1.165) is 19.3 Å². The van der Waals surface area contributed by atoms with Crippen molar-refractivity contribution in [3.05, 3.63) is 0 Å². The first-order valence-corrected chi connectivity index (χ1v) is 6.33. The van der Waals surface area contributed by atoms with Gasteiger partial charge in [0.05, 0.1) is 19.6 Å². The molecule has 0 saturated carbocycles. The molecule has 0 aromatic rings. The van der Waals surface area contributed by atoms with Crippen molar-refractivity contribution in [2.75, 3.05) is 33.4 Å². The molecule has 0 rings (SSSR count). The van der Waals surface area contributed by atoms with Gasteiger partial charge in [0.1, 0.15) is 0 Å². The van der Waals surface area contributed by atoms with E-state index >= 15 is 0 Å². The van der Waals surface area contributed by atoms with Gasteiger partial charge in [0.15, 0.2) is 0 Å². The standard InChI is InChI=1S/C10H23N3O4.CH5N/c11-16-6-4-10(15)13-5-2-1-3-9(7-14)8-17-12;1-2/h9,14H,1-8,11-12H2,(H,13,15);2H2,1H3. The van der Waals surface area contributed by atoms with Crippen LogP contribution in [0.2, 0.25) is 0 Å². The Morgan fingerprint density at radius 1 is 1.26 bits per heavy atom. The minimum atomic E-state index is -0.0700. The predicted octanol–water partition coefficient (Wildman–Crippen LogP) is -1.37. The van der Waals surface area contributed by atoms with E-state index in [0.29, 0.717) is 13.2 Å². The highest BCUT2D eigenvalue weighted by molar-refractivity contribution is 5.75. The number of carbonyl (C=O) groups is 1. The number of nitrogens with two attached hydrogens (primary N) is 3. The molecule has 0 aliphatic heterocycles. The molecule has 0 heterocycles. The average molecular weight is 280 g/mol. The molecule has 1 atom stereocenters. The summed E-state index contributed by atoms with van der Waals surface area (Å²) in [6.07, 6.45) is 2.87. The summed E-state index contributed by atoms with van der Waals surface area (Å²) in [5.41, 5.74) is 4.50. The van der Waals surface area contributed by atoms with Crippen LogP contribution >= 0.6 is 0 Å². The summed E-state index contributed by atoms with van der Waals surface area (Å²) in [5, 5.41) is 11.7. The summed E-state index contributed by atoms with van der Waals surface area (Å²) < 4.78 is 0. The molecule has 0 aliphatic rings. The average Bonchev–Trinajstić information content (AvgIpc) is 2.45. The monoisotopic (exact) mass is 280 g/mol. The normalized spacial score (nSPS) is 11.4. The van der Waals surface area contributed by atoms with Crippen LogP contribution in [-0.4, -0.2) is 44.4 Å². The van der Waals surface area contributed by atoms with Crippen LogP contribution in [0.15, 0.2) is 0 Å². The van der Waals surface area contributed by atoms with E-state index in [9.17, 15) is 4.79 Å². The van der Waals surface area contributed by atoms with E-state index in [4.69, 9.17) is 16.9 Å². The zero-order valence-electron chi connectivity index (χ0n) is 11.6. The number of hydrogen-bond acceptors (Lipinski definition) is 7. The molecule has 0 aliphatic carbocycles. The van der Waals surface area contributed by atoms with Gasteiger partial charge in [-0.1, -0.05) is 6.42 Å². The summed E-state index contributed by atoms with van der Waals surface area (Å²) in [7, 11) is 1.50. The summed E-state index contributed by atoms with van der Waals surface area (Å²) in [6.45, 7) is 1.27. The first-order chi connectivity index (χ1) is 9.24. The number of hydrogen-bond donors (Lipinski definition) is 5. The maximum Gasteiger partial charge on any atom is 0.222 e. The quantitative estimate of drug-likeness (QED) is 0.232. The van der Waals surface area contributed by atoms with Gasteiger partial charge in [0.2, 0.25) is 5.91 Å². The van der Waals surface area contributed by atoms with Gasteiger partial charge in [0, 0.05) is 19.1 Å². The van der Waals surface area contributed by atoms with Crippen molar-refractivity contribution < 1.29 is 19.6 Å². The second kappa shape index (κ2) is 17.2. The van der Waals surface area contributed by atoms with Crippen LogP contribution in [0.5, 0.6) is 0 Å². The van der Waals surface area contributed by atoms with Crippen LogP contribution in [0, 0.1) is 5.92 Å². The molecule has 19 heavy (non-hydrogen) atoms. The molecule has 1 amide bonds. The largest absolute Gasteiger partial charge is 0.396 e. The van der Waals surface area contributed by atoms with E-state index in [-0.39, 0.29) is 31.5 Å². The minimum Gasteiger partial charge on any atom is -0.396 e. The Kier molecular flexibility index (Phi) is 18.6. The van der Waals surface area contributed by atoms with Crippen LogP contribution in [0.1, 0.15) is 25.7 Å². The Labute approximate surface area is 114 Å². The minimum absolute atomic E-state index is 0.0669. The van der Waals surface area contributed by atoms with Crippen LogP contribution < -0.4 is 22.8 Å². The third kappa shape index (κ3) is 15.2. The molecular weight excluding hydrogens is 252 g/mol. The topological polar surface area (TPSA) is 146 Å². The molecule has 0 spiro atoms. The number of aliphatic hydroxyl groups is 1. The molecule has 0 fully saturated rings. The van der Waals surface area contributed by atoms with Gasteiger partial charge in [0.25, 0.3) is 0 Å². The molecule has 8 nitrogen and oxygen atoms in total. The van der Waals surface area contributed by atoms with E-state index < -0.39 is 0 Å². The first kappa shape index (κ1) is 20.5. The zero-order valence-corrected chi connectivity index (χ0v) is 11.6. The van der Waals surface area contributed by atoms with E-state index in [1.165, 1.54) is 7.05 Å². The van der Waals surface area contributed by atoms with Gasteiger partial charge in [-0.25, -0.2) is 11.8 Å². The van der Waals surface area contributed by atoms with Crippen LogP contribution in [0.4, 0.5) is 0 Å². The zero-order chi connectivity index (χ0) is 14.9. The smallest absolute Gasteiger partial charge is 0.222 e. The van der Waals surface area contributed by atoms with Crippen molar-refractivity contribution in [3.8, 4) is 0 Å². The van der Waals surface area contributed by atoms with Gasteiger partial charge < -0.3 is 25.8 Å². The van der Waals surface area contributed by atoms with E-state index in [2.05, 4.69) is 20.7 Å². The highest BCUT2D eigenvalue weighted by Gasteiger charge is 2.07. The van der Waals surface area contributed by atoms with Crippen molar-refractivity contribution in [1.82, 2.24) is 5.32 Å². The molecule has 0 aromatic carbocycles. The SMILES string of the molecule is CN.NOCCC(=O)NCCCCC(CO)CON. The number of rotatable bonds is 11. The van der Waals surface area contributed by atoms with Crippen LogP contribution in [0.3, 0.4) is 0 Å². The lowest BCUT2D eigenvalue weighted by Gasteiger charge is -2.12. The lowest BCUT2D eigenvalue weighted by Crippen LogP contribution is -2.26. The molecule has 116 valence electrons. The molecular formula is C11H28N4O4. The third-order valence-electron chi connectivity index (χ3n) is 2.40. The fourth-order valence-corrected chi connectivity index (χ4v) is 1.39. The second-order valence-electron chi connectivity index (χ2n) is 3.85. The summed E-state index contributed by atoms with van der Waals surface area (Å²) in [4.78, 5) is 19.9. The van der Waals surface area contributed by atoms with Crippen LogP contribution in [0.25, 0.3) is 0 Å². The van der Waals surface area contributed by atoms with Crippen molar-refractivity contribution in [2.45, 2.75) is 25.7 Å². The number of amides is 1.